The van der Waals surface area contributed by atoms with Crippen LogP contribution in [-0.2, 0) is 4.74 Å². The summed E-state index contributed by atoms with van der Waals surface area (Å²) in [4.78, 5) is 11.5. The van der Waals surface area contributed by atoms with Gasteiger partial charge in [0.15, 0.2) is 0 Å². The zero-order valence-corrected chi connectivity index (χ0v) is 11.7. The van der Waals surface area contributed by atoms with Crippen molar-refractivity contribution in [3.8, 4) is 0 Å². The van der Waals surface area contributed by atoms with Crippen molar-refractivity contribution in [1.29, 1.82) is 0 Å². The lowest BCUT2D eigenvalue weighted by atomic mass is 9.83. The molecule has 0 unspecified atom stereocenters. The second-order valence-corrected chi connectivity index (χ2v) is 6.64. The Morgan fingerprint density at radius 1 is 1.24 bits per heavy atom. The number of alkyl carbamates (subject to hydrolysis) is 1. The maximum absolute atomic E-state index is 11.5. The van der Waals surface area contributed by atoms with Crippen molar-refractivity contribution in [3.05, 3.63) is 0 Å². The van der Waals surface area contributed by atoms with E-state index in [0.29, 0.717) is 12.5 Å². The van der Waals surface area contributed by atoms with E-state index in [1.165, 1.54) is 25.7 Å². The summed E-state index contributed by atoms with van der Waals surface area (Å²) < 4.78 is 5.17. The maximum atomic E-state index is 11.5. The third kappa shape index (κ3) is 6.54. The molecule has 17 heavy (non-hydrogen) atoms. The van der Waals surface area contributed by atoms with Crippen LogP contribution in [-0.4, -0.2) is 19.2 Å². The number of carbonyl (C=O) groups excluding carboxylic acids is 1. The van der Waals surface area contributed by atoms with E-state index in [1.807, 2.05) is 0 Å². The van der Waals surface area contributed by atoms with Crippen molar-refractivity contribution in [1.82, 2.24) is 5.32 Å². The second kappa shape index (κ2) is 6.27. The van der Waals surface area contributed by atoms with Crippen LogP contribution in [0.3, 0.4) is 0 Å². The van der Waals surface area contributed by atoms with Gasteiger partial charge in [-0.05, 0) is 30.1 Å². The highest BCUT2D eigenvalue weighted by Crippen LogP contribution is 2.27. The number of nitrogens with one attached hydrogen (secondary N) is 1. The largest absolute Gasteiger partial charge is 0.449 e. The van der Waals surface area contributed by atoms with Crippen molar-refractivity contribution in [2.75, 3.05) is 13.2 Å². The highest BCUT2D eigenvalue weighted by atomic mass is 16.5. The van der Waals surface area contributed by atoms with Crippen LogP contribution in [0.25, 0.3) is 0 Å². The molecule has 1 aliphatic carbocycles. The Labute approximate surface area is 105 Å². The maximum Gasteiger partial charge on any atom is 0.407 e. The first-order valence-corrected chi connectivity index (χ1v) is 6.77. The van der Waals surface area contributed by atoms with Crippen LogP contribution in [0.4, 0.5) is 4.79 Å². The third-order valence-corrected chi connectivity index (χ3v) is 3.31. The van der Waals surface area contributed by atoms with Crippen molar-refractivity contribution in [2.24, 2.45) is 17.3 Å². The Kier molecular flexibility index (Phi) is 5.29. The fourth-order valence-electron chi connectivity index (χ4n) is 2.09. The quantitative estimate of drug-likeness (QED) is 0.820. The third-order valence-electron chi connectivity index (χ3n) is 3.31. The Hall–Kier alpha value is -0.730. The molecule has 1 rings (SSSR count). The molecule has 3 nitrogen and oxygen atoms in total. The predicted molar refractivity (Wildman–Crippen MR) is 69.9 cm³/mol. The van der Waals surface area contributed by atoms with Gasteiger partial charge in [-0.1, -0.05) is 40.5 Å². The van der Waals surface area contributed by atoms with E-state index in [2.05, 4.69) is 33.0 Å². The second-order valence-electron chi connectivity index (χ2n) is 6.64. The zero-order chi connectivity index (χ0) is 12.9. The summed E-state index contributed by atoms with van der Waals surface area (Å²) in [6, 6.07) is 0. The smallest absolute Gasteiger partial charge is 0.407 e. The minimum atomic E-state index is -0.265. The highest BCUT2D eigenvalue weighted by molar-refractivity contribution is 5.67. The summed E-state index contributed by atoms with van der Waals surface area (Å²) in [6.45, 7) is 9.73. The summed E-state index contributed by atoms with van der Waals surface area (Å²) in [6.07, 6.45) is 4.80. The molecule has 0 atom stereocenters. The first kappa shape index (κ1) is 14.3. The van der Waals surface area contributed by atoms with Crippen LogP contribution in [0.2, 0.25) is 0 Å². The van der Waals surface area contributed by atoms with Crippen molar-refractivity contribution in [2.45, 2.75) is 53.4 Å². The molecule has 1 N–H and O–H groups in total. The number of ether oxygens (including phenoxy) is 1. The lowest BCUT2D eigenvalue weighted by Crippen LogP contribution is -2.33. The van der Waals surface area contributed by atoms with Crippen LogP contribution in [0.5, 0.6) is 0 Å². The number of hydrogen-bond acceptors (Lipinski definition) is 2. The summed E-state index contributed by atoms with van der Waals surface area (Å²) in [5.74, 6) is 1.51. The predicted octanol–water partition coefficient (Wildman–Crippen LogP) is 3.59. The SMILES string of the molecule is CC1CCC(CNC(=O)OCC(C)(C)C)CC1. The Bertz CT molecular complexity index is 237. The standard InChI is InChI=1S/C14H27NO2/c1-11-5-7-12(8-6-11)9-15-13(16)17-10-14(2,3)4/h11-12H,5-10H2,1-4H3,(H,15,16). The van der Waals surface area contributed by atoms with Gasteiger partial charge in [0, 0.05) is 6.54 Å². The van der Waals surface area contributed by atoms with Gasteiger partial charge in [0.05, 0.1) is 6.61 Å². The molecule has 0 aromatic carbocycles. The van der Waals surface area contributed by atoms with Crippen LogP contribution < -0.4 is 5.32 Å². The molecule has 1 aliphatic rings. The van der Waals surface area contributed by atoms with Gasteiger partial charge >= 0.3 is 6.09 Å². The molecule has 1 saturated carbocycles. The van der Waals surface area contributed by atoms with Crippen LogP contribution >= 0.6 is 0 Å². The molecular formula is C14H27NO2. The fourth-order valence-corrected chi connectivity index (χ4v) is 2.09. The van der Waals surface area contributed by atoms with E-state index < -0.39 is 0 Å². The van der Waals surface area contributed by atoms with E-state index in [4.69, 9.17) is 4.74 Å². The molecule has 100 valence electrons. The molecule has 0 aromatic heterocycles. The molecule has 0 saturated heterocycles. The van der Waals surface area contributed by atoms with Crippen LogP contribution in [0.15, 0.2) is 0 Å². The molecule has 1 amide bonds. The van der Waals surface area contributed by atoms with Crippen molar-refractivity contribution < 1.29 is 9.53 Å². The molecule has 0 heterocycles. The average Bonchev–Trinajstić information content (AvgIpc) is 2.25. The van der Waals surface area contributed by atoms with Gasteiger partial charge in [-0.25, -0.2) is 4.79 Å². The van der Waals surface area contributed by atoms with E-state index in [9.17, 15) is 4.79 Å². The monoisotopic (exact) mass is 241 g/mol. The van der Waals surface area contributed by atoms with Gasteiger partial charge in [0.1, 0.15) is 0 Å². The molecule has 3 heteroatoms. The number of hydrogen-bond donors (Lipinski definition) is 1. The van der Waals surface area contributed by atoms with Gasteiger partial charge in [-0.2, -0.15) is 0 Å². The molecular weight excluding hydrogens is 214 g/mol. The lowest BCUT2D eigenvalue weighted by molar-refractivity contribution is 0.104. The summed E-state index contributed by atoms with van der Waals surface area (Å²) >= 11 is 0. The number of amides is 1. The molecule has 0 aromatic rings. The topological polar surface area (TPSA) is 38.3 Å². The normalized spacial score (nSPS) is 25.4. The van der Waals surface area contributed by atoms with Gasteiger partial charge in [0.25, 0.3) is 0 Å². The average molecular weight is 241 g/mol. The first-order valence-electron chi connectivity index (χ1n) is 6.77. The minimum absolute atomic E-state index is 0.0393. The number of rotatable bonds is 3. The van der Waals surface area contributed by atoms with E-state index in [1.54, 1.807) is 0 Å². The van der Waals surface area contributed by atoms with Crippen molar-refractivity contribution >= 4 is 6.09 Å². The van der Waals surface area contributed by atoms with Crippen molar-refractivity contribution in [3.63, 3.8) is 0 Å². The van der Waals surface area contributed by atoms with Gasteiger partial charge < -0.3 is 10.1 Å². The van der Waals surface area contributed by atoms with E-state index in [-0.39, 0.29) is 11.5 Å². The first-order chi connectivity index (χ1) is 7.87. The molecule has 0 aliphatic heterocycles. The minimum Gasteiger partial charge on any atom is -0.449 e. The summed E-state index contributed by atoms with van der Waals surface area (Å²) in [5.41, 5.74) is 0.0393. The van der Waals surface area contributed by atoms with E-state index >= 15 is 0 Å². The molecule has 0 spiro atoms. The number of carbonyl (C=O) groups is 1. The Morgan fingerprint density at radius 3 is 2.35 bits per heavy atom. The fraction of sp³-hybridized carbons (Fsp3) is 0.929. The van der Waals surface area contributed by atoms with Gasteiger partial charge in [0.2, 0.25) is 0 Å². The Morgan fingerprint density at radius 2 is 1.82 bits per heavy atom. The van der Waals surface area contributed by atoms with Gasteiger partial charge in [-0.15, -0.1) is 0 Å². The molecule has 0 radical (unpaired) electrons. The van der Waals surface area contributed by atoms with Gasteiger partial charge in [-0.3, -0.25) is 0 Å². The van der Waals surface area contributed by atoms with Crippen LogP contribution in [0.1, 0.15) is 53.4 Å². The highest BCUT2D eigenvalue weighted by Gasteiger charge is 2.19. The summed E-state index contributed by atoms with van der Waals surface area (Å²) in [5, 5.41) is 2.88. The lowest BCUT2D eigenvalue weighted by Gasteiger charge is -2.26. The zero-order valence-electron chi connectivity index (χ0n) is 11.7. The van der Waals surface area contributed by atoms with E-state index in [0.717, 1.165) is 12.5 Å². The Balaban J connectivity index is 2.11. The molecule has 1 fully saturated rings. The summed E-state index contributed by atoms with van der Waals surface area (Å²) in [7, 11) is 0. The van der Waals surface area contributed by atoms with Crippen LogP contribution in [0, 0.1) is 17.3 Å². The molecule has 0 bridgehead atoms.